The summed E-state index contributed by atoms with van der Waals surface area (Å²) in [5.41, 5.74) is 9.37. The molecular formula is C15H17ClN2O2S. The molecule has 0 bridgehead atoms. The molecule has 2 aromatic carbocycles. The second kappa shape index (κ2) is 5.58. The molecule has 21 heavy (non-hydrogen) atoms. The maximum atomic E-state index is 12.4. The van der Waals surface area contributed by atoms with Crippen LogP contribution in [0.2, 0.25) is 5.02 Å². The Kier molecular flexibility index (Phi) is 4.16. The zero-order valence-corrected chi connectivity index (χ0v) is 13.6. The van der Waals surface area contributed by atoms with Crippen LogP contribution in [0.15, 0.2) is 35.2 Å². The molecule has 0 amide bonds. The second-order valence-corrected chi connectivity index (χ2v) is 7.15. The van der Waals surface area contributed by atoms with Gasteiger partial charge in [0.15, 0.2) is 0 Å². The number of nitrogens with two attached hydrogens (primary N) is 1. The Morgan fingerprint density at radius 1 is 1.05 bits per heavy atom. The smallest absolute Gasteiger partial charge is 0.261 e. The molecule has 0 saturated carbocycles. The van der Waals surface area contributed by atoms with Crippen LogP contribution in [0.1, 0.15) is 16.7 Å². The number of hydrogen-bond acceptors (Lipinski definition) is 3. The highest BCUT2D eigenvalue weighted by molar-refractivity contribution is 7.92. The Labute approximate surface area is 130 Å². The standard InChI is InChI=1S/C15H17ClN2O2S/c1-9-6-10(2)15(11(3)7-9)18-21(19,20)12-4-5-14(17)13(16)8-12/h4-8,18H,17H2,1-3H3. The Hall–Kier alpha value is -1.72. The number of benzene rings is 2. The first kappa shape index (κ1) is 15.7. The van der Waals surface area contributed by atoms with Crippen LogP contribution in [0.25, 0.3) is 0 Å². The molecule has 0 saturated heterocycles. The fourth-order valence-corrected chi connectivity index (χ4v) is 3.68. The molecule has 0 aliphatic heterocycles. The third-order valence-corrected chi connectivity index (χ3v) is 4.87. The summed E-state index contributed by atoms with van der Waals surface area (Å²) in [6.07, 6.45) is 0. The molecule has 0 unspecified atom stereocenters. The van der Waals surface area contributed by atoms with E-state index in [-0.39, 0.29) is 9.92 Å². The van der Waals surface area contributed by atoms with Crippen LogP contribution >= 0.6 is 11.6 Å². The maximum Gasteiger partial charge on any atom is 0.261 e. The number of sulfonamides is 1. The van der Waals surface area contributed by atoms with Gasteiger partial charge in [0.05, 0.1) is 21.3 Å². The fraction of sp³-hybridized carbons (Fsp3) is 0.200. The molecule has 0 aliphatic carbocycles. The third-order valence-electron chi connectivity index (χ3n) is 3.20. The summed E-state index contributed by atoms with van der Waals surface area (Å²) in [5, 5.41) is 0.218. The number of aryl methyl sites for hydroxylation is 3. The van der Waals surface area contributed by atoms with E-state index in [0.717, 1.165) is 16.7 Å². The lowest BCUT2D eigenvalue weighted by atomic mass is 10.1. The molecule has 4 nitrogen and oxygen atoms in total. The minimum Gasteiger partial charge on any atom is -0.398 e. The van der Waals surface area contributed by atoms with Gasteiger partial charge in [0, 0.05) is 0 Å². The Morgan fingerprint density at radius 3 is 2.14 bits per heavy atom. The van der Waals surface area contributed by atoms with Gasteiger partial charge in [-0.3, -0.25) is 4.72 Å². The van der Waals surface area contributed by atoms with Crippen molar-refractivity contribution in [1.29, 1.82) is 0 Å². The van der Waals surface area contributed by atoms with E-state index in [1.807, 2.05) is 32.9 Å². The van der Waals surface area contributed by atoms with E-state index in [0.29, 0.717) is 11.4 Å². The van der Waals surface area contributed by atoms with Gasteiger partial charge in [0.1, 0.15) is 0 Å². The van der Waals surface area contributed by atoms with Crippen molar-refractivity contribution in [2.45, 2.75) is 25.7 Å². The van der Waals surface area contributed by atoms with E-state index in [1.165, 1.54) is 18.2 Å². The van der Waals surface area contributed by atoms with Crippen molar-refractivity contribution in [2.75, 3.05) is 10.5 Å². The van der Waals surface area contributed by atoms with E-state index in [1.54, 1.807) is 0 Å². The summed E-state index contributed by atoms with van der Waals surface area (Å²) < 4.78 is 27.5. The van der Waals surface area contributed by atoms with Crippen LogP contribution in [-0.2, 0) is 10.0 Å². The number of hydrogen-bond donors (Lipinski definition) is 2. The lowest BCUT2D eigenvalue weighted by Gasteiger charge is -2.14. The van der Waals surface area contributed by atoms with Crippen molar-refractivity contribution in [2.24, 2.45) is 0 Å². The summed E-state index contributed by atoms with van der Waals surface area (Å²) in [7, 11) is -3.70. The van der Waals surface area contributed by atoms with Crippen LogP contribution in [0.3, 0.4) is 0 Å². The average Bonchev–Trinajstić information content (AvgIpc) is 2.37. The van der Waals surface area contributed by atoms with Gasteiger partial charge in [0.25, 0.3) is 10.0 Å². The first-order valence-electron chi connectivity index (χ1n) is 6.36. The fourth-order valence-electron chi connectivity index (χ4n) is 2.21. The molecule has 2 rings (SSSR count). The minimum atomic E-state index is -3.70. The Morgan fingerprint density at radius 2 is 1.62 bits per heavy atom. The van der Waals surface area contributed by atoms with Crippen molar-refractivity contribution in [3.8, 4) is 0 Å². The molecule has 3 N–H and O–H groups in total. The topological polar surface area (TPSA) is 72.2 Å². The molecule has 2 aromatic rings. The van der Waals surface area contributed by atoms with Gasteiger partial charge in [-0.25, -0.2) is 8.42 Å². The van der Waals surface area contributed by atoms with Crippen LogP contribution < -0.4 is 10.5 Å². The number of rotatable bonds is 3. The maximum absolute atomic E-state index is 12.4. The van der Waals surface area contributed by atoms with Gasteiger partial charge in [-0.2, -0.15) is 0 Å². The molecule has 0 aromatic heterocycles. The Bertz CT molecular complexity index is 778. The predicted octanol–water partition coefficient (Wildman–Crippen LogP) is 3.65. The van der Waals surface area contributed by atoms with Crippen molar-refractivity contribution in [1.82, 2.24) is 0 Å². The van der Waals surface area contributed by atoms with Gasteiger partial charge >= 0.3 is 0 Å². The molecule has 112 valence electrons. The molecule has 0 heterocycles. The highest BCUT2D eigenvalue weighted by atomic mass is 35.5. The molecule has 0 atom stereocenters. The SMILES string of the molecule is Cc1cc(C)c(NS(=O)(=O)c2ccc(N)c(Cl)c2)c(C)c1. The summed E-state index contributed by atoms with van der Waals surface area (Å²) in [6, 6.07) is 8.12. The molecular weight excluding hydrogens is 308 g/mol. The van der Waals surface area contributed by atoms with Crippen molar-refractivity contribution < 1.29 is 8.42 Å². The van der Waals surface area contributed by atoms with E-state index < -0.39 is 10.0 Å². The van der Waals surface area contributed by atoms with E-state index in [9.17, 15) is 8.42 Å². The number of anilines is 2. The molecule has 0 radical (unpaired) electrons. The molecule has 6 heteroatoms. The first-order valence-corrected chi connectivity index (χ1v) is 8.22. The minimum absolute atomic E-state index is 0.0843. The van der Waals surface area contributed by atoms with Crippen molar-refractivity contribution >= 4 is 33.0 Å². The van der Waals surface area contributed by atoms with Gasteiger partial charge in [-0.15, -0.1) is 0 Å². The largest absolute Gasteiger partial charge is 0.398 e. The van der Waals surface area contributed by atoms with Gasteiger partial charge in [-0.1, -0.05) is 29.3 Å². The normalized spacial score (nSPS) is 11.4. The number of halogens is 1. The van der Waals surface area contributed by atoms with E-state index in [2.05, 4.69) is 4.72 Å². The van der Waals surface area contributed by atoms with Crippen molar-refractivity contribution in [3.05, 3.63) is 52.0 Å². The van der Waals surface area contributed by atoms with Crippen LogP contribution in [-0.4, -0.2) is 8.42 Å². The van der Waals surface area contributed by atoms with Gasteiger partial charge < -0.3 is 5.73 Å². The van der Waals surface area contributed by atoms with Crippen molar-refractivity contribution in [3.63, 3.8) is 0 Å². The average molecular weight is 325 g/mol. The van der Waals surface area contributed by atoms with Crippen LogP contribution in [0, 0.1) is 20.8 Å². The molecule has 0 spiro atoms. The highest BCUT2D eigenvalue weighted by Gasteiger charge is 2.17. The van der Waals surface area contributed by atoms with Gasteiger partial charge in [0.2, 0.25) is 0 Å². The zero-order chi connectivity index (χ0) is 15.8. The third kappa shape index (κ3) is 3.31. The lowest BCUT2D eigenvalue weighted by Crippen LogP contribution is -2.15. The van der Waals surface area contributed by atoms with E-state index in [4.69, 9.17) is 17.3 Å². The summed E-state index contributed by atoms with van der Waals surface area (Å²) in [6.45, 7) is 5.71. The van der Waals surface area contributed by atoms with Crippen LogP contribution in [0.4, 0.5) is 11.4 Å². The van der Waals surface area contributed by atoms with Gasteiger partial charge in [-0.05, 0) is 50.1 Å². The number of nitrogen functional groups attached to an aromatic ring is 1. The quantitative estimate of drug-likeness (QED) is 0.846. The summed E-state index contributed by atoms with van der Waals surface area (Å²) in [4.78, 5) is 0.0843. The summed E-state index contributed by atoms with van der Waals surface area (Å²) in [5.74, 6) is 0. The molecule has 0 fully saturated rings. The second-order valence-electron chi connectivity index (χ2n) is 5.06. The first-order chi connectivity index (χ1) is 9.70. The van der Waals surface area contributed by atoms with E-state index >= 15 is 0 Å². The van der Waals surface area contributed by atoms with Crippen LogP contribution in [0.5, 0.6) is 0 Å². The predicted molar refractivity (Wildman–Crippen MR) is 87.3 cm³/mol. The highest BCUT2D eigenvalue weighted by Crippen LogP contribution is 2.27. The lowest BCUT2D eigenvalue weighted by molar-refractivity contribution is 0.601. The monoisotopic (exact) mass is 324 g/mol. The Balaban J connectivity index is 2.44. The number of nitrogens with one attached hydrogen (secondary N) is 1. The molecule has 0 aliphatic rings. The summed E-state index contributed by atoms with van der Waals surface area (Å²) >= 11 is 5.89. The zero-order valence-electron chi connectivity index (χ0n) is 12.1.